The SMILES string of the molecule is C[Si](C)(C)[C@H]1CC(=O)[C@@H]2CCC(=O)C[C@@H]2C1. The maximum Gasteiger partial charge on any atom is 0.136 e. The fourth-order valence-corrected chi connectivity index (χ4v) is 5.09. The Hall–Kier alpha value is -0.443. The lowest BCUT2D eigenvalue weighted by Gasteiger charge is -2.41. The van der Waals surface area contributed by atoms with Crippen molar-refractivity contribution in [2.24, 2.45) is 11.8 Å². The van der Waals surface area contributed by atoms with Gasteiger partial charge in [0.2, 0.25) is 0 Å². The summed E-state index contributed by atoms with van der Waals surface area (Å²) >= 11 is 0. The second-order valence-electron chi connectivity index (χ2n) is 6.62. The lowest BCUT2D eigenvalue weighted by atomic mass is 9.69. The molecule has 0 heterocycles. The number of ketones is 2. The van der Waals surface area contributed by atoms with Crippen molar-refractivity contribution in [3.63, 3.8) is 0 Å². The zero-order valence-electron chi connectivity index (χ0n) is 10.6. The van der Waals surface area contributed by atoms with Crippen LogP contribution in [0.2, 0.25) is 25.2 Å². The normalized spacial score (nSPS) is 36.1. The standard InChI is InChI=1S/C13H22O2Si/c1-16(2,3)11-7-9-6-10(14)4-5-12(9)13(15)8-11/h9,11-12H,4-8H2,1-3H3/t9-,11-,12-/m1/s1. The molecule has 0 aromatic carbocycles. The van der Waals surface area contributed by atoms with Crippen molar-refractivity contribution >= 4 is 19.6 Å². The monoisotopic (exact) mass is 238 g/mol. The van der Waals surface area contributed by atoms with Crippen molar-refractivity contribution in [2.45, 2.75) is 57.3 Å². The molecule has 0 unspecified atom stereocenters. The van der Waals surface area contributed by atoms with Gasteiger partial charge in [-0.1, -0.05) is 19.6 Å². The maximum absolute atomic E-state index is 12.1. The minimum atomic E-state index is -1.23. The van der Waals surface area contributed by atoms with Gasteiger partial charge in [0.25, 0.3) is 0 Å². The molecule has 3 heteroatoms. The first-order chi connectivity index (χ1) is 7.38. The summed E-state index contributed by atoms with van der Waals surface area (Å²) in [7, 11) is -1.23. The number of carbonyl (C=O) groups excluding carboxylic acids is 2. The van der Waals surface area contributed by atoms with E-state index in [9.17, 15) is 9.59 Å². The van der Waals surface area contributed by atoms with Crippen LogP contribution in [0.1, 0.15) is 32.1 Å². The molecule has 2 fully saturated rings. The molecular formula is C13H22O2Si. The number of Topliss-reactive ketones (excluding diaryl/α,β-unsaturated/α-hetero) is 2. The third kappa shape index (κ3) is 2.29. The summed E-state index contributed by atoms with van der Waals surface area (Å²) in [5, 5.41) is 0. The highest BCUT2D eigenvalue weighted by Crippen LogP contribution is 2.45. The van der Waals surface area contributed by atoms with Gasteiger partial charge in [0, 0.05) is 33.3 Å². The van der Waals surface area contributed by atoms with Crippen LogP contribution in [0.3, 0.4) is 0 Å². The topological polar surface area (TPSA) is 34.1 Å². The zero-order chi connectivity index (χ0) is 11.9. The molecule has 90 valence electrons. The Bertz CT molecular complexity index is 316. The third-order valence-corrected chi connectivity index (χ3v) is 7.36. The molecule has 2 nitrogen and oxygen atoms in total. The Balaban J connectivity index is 2.12. The summed E-state index contributed by atoms with van der Waals surface area (Å²) in [5.41, 5.74) is 0.604. The highest BCUT2D eigenvalue weighted by atomic mass is 28.3. The molecule has 0 saturated heterocycles. The molecule has 0 N–H and O–H groups in total. The Morgan fingerprint density at radius 3 is 2.44 bits per heavy atom. The third-order valence-electron chi connectivity index (χ3n) is 4.47. The van der Waals surface area contributed by atoms with Crippen LogP contribution < -0.4 is 0 Å². The van der Waals surface area contributed by atoms with Gasteiger partial charge in [-0.3, -0.25) is 9.59 Å². The van der Waals surface area contributed by atoms with E-state index in [2.05, 4.69) is 19.6 Å². The lowest BCUT2D eigenvalue weighted by molar-refractivity contribution is -0.132. The van der Waals surface area contributed by atoms with Crippen LogP contribution in [-0.4, -0.2) is 19.6 Å². The van der Waals surface area contributed by atoms with E-state index in [1.54, 1.807) is 0 Å². The Kier molecular flexibility index (Phi) is 3.08. The Morgan fingerprint density at radius 2 is 1.81 bits per heavy atom. The molecular weight excluding hydrogens is 216 g/mol. The summed E-state index contributed by atoms with van der Waals surface area (Å²) in [4.78, 5) is 23.6. The minimum absolute atomic E-state index is 0.227. The molecule has 0 amide bonds. The van der Waals surface area contributed by atoms with Crippen molar-refractivity contribution in [2.75, 3.05) is 0 Å². The summed E-state index contributed by atoms with van der Waals surface area (Å²) in [6.45, 7) is 7.03. The molecule has 0 aromatic rings. The number of hydrogen-bond acceptors (Lipinski definition) is 2. The molecule has 2 saturated carbocycles. The van der Waals surface area contributed by atoms with E-state index < -0.39 is 8.07 Å². The quantitative estimate of drug-likeness (QED) is 0.658. The smallest absolute Gasteiger partial charge is 0.136 e. The van der Waals surface area contributed by atoms with Gasteiger partial charge in [-0.2, -0.15) is 0 Å². The summed E-state index contributed by atoms with van der Waals surface area (Å²) in [5.74, 6) is 1.45. The van der Waals surface area contributed by atoms with E-state index in [1.807, 2.05) is 0 Å². The van der Waals surface area contributed by atoms with Crippen LogP contribution in [0, 0.1) is 11.8 Å². The van der Waals surface area contributed by atoms with Crippen LogP contribution in [0.5, 0.6) is 0 Å². The largest absolute Gasteiger partial charge is 0.300 e. The van der Waals surface area contributed by atoms with Crippen LogP contribution in [-0.2, 0) is 9.59 Å². The molecule has 2 rings (SSSR count). The minimum Gasteiger partial charge on any atom is -0.300 e. The molecule has 3 atom stereocenters. The summed E-state index contributed by atoms with van der Waals surface area (Å²) in [6, 6.07) is 0. The van der Waals surface area contributed by atoms with Gasteiger partial charge in [0.1, 0.15) is 11.6 Å². The number of fused-ring (bicyclic) bond motifs is 1. The first-order valence-corrected chi connectivity index (χ1v) is 10.00. The van der Waals surface area contributed by atoms with E-state index in [0.29, 0.717) is 35.9 Å². The Labute approximate surface area is 98.8 Å². The molecule has 0 spiro atoms. The second kappa shape index (κ2) is 4.10. The van der Waals surface area contributed by atoms with Gasteiger partial charge in [0.05, 0.1) is 0 Å². The van der Waals surface area contributed by atoms with Crippen molar-refractivity contribution in [3.05, 3.63) is 0 Å². The highest BCUT2D eigenvalue weighted by Gasteiger charge is 2.43. The molecule has 0 aromatic heterocycles. The average Bonchev–Trinajstić information content (AvgIpc) is 2.15. The first-order valence-electron chi connectivity index (χ1n) is 6.42. The van der Waals surface area contributed by atoms with Crippen molar-refractivity contribution in [1.29, 1.82) is 0 Å². The maximum atomic E-state index is 12.1. The van der Waals surface area contributed by atoms with Crippen LogP contribution in [0.25, 0.3) is 0 Å². The first kappa shape index (κ1) is 12.0. The van der Waals surface area contributed by atoms with Crippen molar-refractivity contribution in [1.82, 2.24) is 0 Å². The second-order valence-corrected chi connectivity index (χ2v) is 12.2. The van der Waals surface area contributed by atoms with Gasteiger partial charge in [0.15, 0.2) is 0 Å². The van der Waals surface area contributed by atoms with Crippen LogP contribution >= 0.6 is 0 Å². The van der Waals surface area contributed by atoms with Gasteiger partial charge in [-0.25, -0.2) is 0 Å². The van der Waals surface area contributed by atoms with Crippen molar-refractivity contribution < 1.29 is 9.59 Å². The molecule has 0 bridgehead atoms. The predicted molar refractivity (Wildman–Crippen MR) is 67.2 cm³/mol. The predicted octanol–water partition coefficient (Wildman–Crippen LogP) is 3.04. The summed E-state index contributed by atoms with van der Waals surface area (Å²) < 4.78 is 0. The molecule has 0 aliphatic heterocycles. The zero-order valence-corrected chi connectivity index (χ0v) is 11.6. The number of carbonyl (C=O) groups is 2. The number of hydrogen-bond donors (Lipinski definition) is 0. The average molecular weight is 238 g/mol. The van der Waals surface area contributed by atoms with Gasteiger partial charge in [-0.15, -0.1) is 0 Å². The van der Waals surface area contributed by atoms with E-state index in [0.717, 1.165) is 19.3 Å². The van der Waals surface area contributed by atoms with Gasteiger partial charge in [-0.05, 0) is 24.3 Å². The van der Waals surface area contributed by atoms with Crippen LogP contribution in [0.4, 0.5) is 0 Å². The fourth-order valence-electron chi connectivity index (χ4n) is 3.26. The van der Waals surface area contributed by atoms with E-state index in [-0.39, 0.29) is 5.92 Å². The molecule has 2 aliphatic rings. The fraction of sp³-hybridized carbons (Fsp3) is 0.846. The van der Waals surface area contributed by atoms with Crippen LogP contribution in [0.15, 0.2) is 0 Å². The number of rotatable bonds is 1. The Morgan fingerprint density at radius 1 is 1.12 bits per heavy atom. The van der Waals surface area contributed by atoms with E-state index >= 15 is 0 Å². The summed E-state index contributed by atoms with van der Waals surface area (Å²) in [6.07, 6.45) is 4.09. The highest BCUT2D eigenvalue weighted by molar-refractivity contribution is 6.77. The van der Waals surface area contributed by atoms with Gasteiger partial charge < -0.3 is 0 Å². The molecule has 0 radical (unpaired) electrons. The van der Waals surface area contributed by atoms with E-state index in [1.165, 1.54) is 0 Å². The van der Waals surface area contributed by atoms with Gasteiger partial charge >= 0.3 is 0 Å². The molecule has 2 aliphatic carbocycles. The van der Waals surface area contributed by atoms with Crippen molar-refractivity contribution in [3.8, 4) is 0 Å². The van der Waals surface area contributed by atoms with E-state index in [4.69, 9.17) is 0 Å². The molecule has 16 heavy (non-hydrogen) atoms. The lowest BCUT2D eigenvalue weighted by Crippen LogP contribution is -2.42.